The third kappa shape index (κ3) is 5.01. The Balaban J connectivity index is 1.59. The van der Waals surface area contributed by atoms with E-state index < -0.39 is 5.41 Å². The van der Waals surface area contributed by atoms with Gasteiger partial charge in [-0.3, -0.25) is 4.79 Å². The van der Waals surface area contributed by atoms with Gasteiger partial charge in [-0.05, 0) is 43.5 Å². The van der Waals surface area contributed by atoms with Gasteiger partial charge in [-0.2, -0.15) is 0 Å². The minimum absolute atomic E-state index is 0.0217. The van der Waals surface area contributed by atoms with Crippen LogP contribution in [0.15, 0.2) is 54.6 Å². The molecule has 2 aromatic carbocycles. The molecule has 2 N–H and O–H groups in total. The Kier molecular flexibility index (Phi) is 6.01. The average Bonchev–Trinajstić information content (AvgIpc) is 2.67. The summed E-state index contributed by atoms with van der Waals surface area (Å²) in [5.74, 6) is -0.0217. The zero-order chi connectivity index (χ0) is 19.3. The van der Waals surface area contributed by atoms with E-state index in [1.807, 2.05) is 37.3 Å². The van der Waals surface area contributed by atoms with Crippen molar-refractivity contribution in [2.45, 2.75) is 26.3 Å². The molecule has 0 saturated carbocycles. The van der Waals surface area contributed by atoms with Crippen molar-refractivity contribution in [1.29, 1.82) is 0 Å². The van der Waals surface area contributed by atoms with Crippen molar-refractivity contribution in [2.75, 3.05) is 18.4 Å². The Morgan fingerprint density at radius 2 is 1.93 bits per heavy atom. The number of likely N-dealkylation sites (tertiary alicyclic amines) is 1. The summed E-state index contributed by atoms with van der Waals surface area (Å²) >= 11 is 5.97. The summed E-state index contributed by atoms with van der Waals surface area (Å²) in [5.41, 5.74) is 1.10. The number of hydrogen-bond acceptors (Lipinski definition) is 2. The second-order valence-corrected chi connectivity index (χ2v) is 7.63. The molecule has 1 heterocycles. The predicted octanol–water partition coefficient (Wildman–Crippen LogP) is 4.29. The highest BCUT2D eigenvalue weighted by Gasteiger charge is 2.39. The molecule has 3 rings (SSSR count). The van der Waals surface area contributed by atoms with Gasteiger partial charge in [-0.25, -0.2) is 4.79 Å². The van der Waals surface area contributed by atoms with Crippen LogP contribution in [-0.2, 0) is 11.3 Å². The van der Waals surface area contributed by atoms with E-state index in [1.54, 1.807) is 29.2 Å². The average molecular weight is 386 g/mol. The number of benzene rings is 2. The molecule has 0 radical (unpaired) electrons. The van der Waals surface area contributed by atoms with E-state index >= 15 is 0 Å². The van der Waals surface area contributed by atoms with Gasteiger partial charge in [0.2, 0.25) is 5.91 Å². The topological polar surface area (TPSA) is 61.4 Å². The normalized spacial score (nSPS) is 19.4. The lowest BCUT2D eigenvalue weighted by molar-refractivity contribution is -0.132. The Hall–Kier alpha value is -2.53. The van der Waals surface area contributed by atoms with Gasteiger partial charge in [0.1, 0.15) is 0 Å². The van der Waals surface area contributed by atoms with E-state index in [-0.39, 0.29) is 11.9 Å². The largest absolute Gasteiger partial charge is 0.351 e. The zero-order valence-corrected chi connectivity index (χ0v) is 16.1. The molecule has 1 unspecified atom stereocenters. The summed E-state index contributed by atoms with van der Waals surface area (Å²) in [4.78, 5) is 27.1. The molecule has 0 bridgehead atoms. The first kappa shape index (κ1) is 19.2. The smallest absolute Gasteiger partial charge is 0.321 e. The van der Waals surface area contributed by atoms with Crippen molar-refractivity contribution in [1.82, 2.24) is 10.2 Å². The fraction of sp³-hybridized carbons (Fsp3) is 0.333. The zero-order valence-electron chi connectivity index (χ0n) is 15.4. The number of amides is 3. The lowest BCUT2D eigenvalue weighted by Gasteiger charge is -2.39. The van der Waals surface area contributed by atoms with Crippen molar-refractivity contribution < 1.29 is 9.59 Å². The van der Waals surface area contributed by atoms with E-state index in [4.69, 9.17) is 11.6 Å². The van der Waals surface area contributed by atoms with Crippen LogP contribution in [0.25, 0.3) is 0 Å². The van der Waals surface area contributed by atoms with Crippen LogP contribution < -0.4 is 10.6 Å². The number of carbonyl (C=O) groups is 2. The molecule has 0 aromatic heterocycles. The van der Waals surface area contributed by atoms with E-state index in [2.05, 4.69) is 10.6 Å². The third-order valence-electron chi connectivity index (χ3n) is 4.90. The molecule has 1 saturated heterocycles. The van der Waals surface area contributed by atoms with Crippen LogP contribution in [-0.4, -0.2) is 29.9 Å². The third-order valence-corrected chi connectivity index (χ3v) is 5.14. The van der Waals surface area contributed by atoms with Gasteiger partial charge in [0.25, 0.3) is 0 Å². The molecule has 142 valence electrons. The summed E-state index contributed by atoms with van der Waals surface area (Å²) in [6, 6.07) is 16.6. The van der Waals surface area contributed by atoms with Crippen LogP contribution in [0.4, 0.5) is 10.5 Å². The second kappa shape index (κ2) is 8.44. The predicted molar refractivity (Wildman–Crippen MR) is 108 cm³/mol. The molecular formula is C21H24ClN3O2. The number of hydrogen-bond donors (Lipinski definition) is 2. The van der Waals surface area contributed by atoms with Crippen LogP contribution >= 0.6 is 11.6 Å². The van der Waals surface area contributed by atoms with Gasteiger partial charge in [0.05, 0.1) is 5.41 Å². The quantitative estimate of drug-likeness (QED) is 0.824. The number of nitrogens with one attached hydrogen (secondary N) is 2. The van der Waals surface area contributed by atoms with Crippen molar-refractivity contribution in [3.05, 3.63) is 65.2 Å². The number of piperidine rings is 1. The van der Waals surface area contributed by atoms with Crippen molar-refractivity contribution in [3.63, 3.8) is 0 Å². The van der Waals surface area contributed by atoms with Crippen LogP contribution in [0.5, 0.6) is 0 Å². The van der Waals surface area contributed by atoms with Gasteiger partial charge in [-0.1, -0.05) is 48.0 Å². The standard InChI is InChI=1S/C21H24ClN3O2/c1-21(19(26)23-14-16-7-3-2-4-8-16)11-6-12-25(15-21)20(27)24-18-10-5-9-17(22)13-18/h2-5,7-10,13H,6,11-12,14-15H2,1H3,(H,23,26)(H,24,27). The SMILES string of the molecule is CC1(C(=O)NCc2ccccc2)CCCN(C(=O)Nc2cccc(Cl)c2)C1. The maximum absolute atomic E-state index is 12.8. The monoisotopic (exact) mass is 385 g/mol. The first-order chi connectivity index (χ1) is 13.0. The molecule has 3 amide bonds. The summed E-state index contributed by atoms with van der Waals surface area (Å²) in [6.45, 7) is 3.43. The highest BCUT2D eigenvalue weighted by Crippen LogP contribution is 2.30. The van der Waals surface area contributed by atoms with Crippen LogP contribution in [0.3, 0.4) is 0 Å². The van der Waals surface area contributed by atoms with Gasteiger partial charge in [0, 0.05) is 30.3 Å². The number of carbonyl (C=O) groups excluding carboxylic acids is 2. The Labute approximate surface area is 164 Å². The fourth-order valence-electron chi connectivity index (χ4n) is 3.36. The molecule has 5 nitrogen and oxygen atoms in total. The molecule has 1 atom stereocenters. The molecule has 2 aromatic rings. The van der Waals surface area contributed by atoms with Crippen molar-refractivity contribution in [3.8, 4) is 0 Å². The summed E-state index contributed by atoms with van der Waals surface area (Å²) in [7, 11) is 0. The van der Waals surface area contributed by atoms with Gasteiger partial charge >= 0.3 is 6.03 Å². The molecular weight excluding hydrogens is 362 g/mol. The van der Waals surface area contributed by atoms with Gasteiger partial charge in [0.15, 0.2) is 0 Å². The Bertz CT molecular complexity index is 812. The van der Waals surface area contributed by atoms with Crippen LogP contribution in [0.2, 0.25) is 5.02 Å². The minimum Gasteiger partial charge on any atom is -0.351 e. The van der Waals surface area contributed by atoms with Gasteiger partial charge in [-0.15, -0.1) is 0 Å². The number of rotatable bonds is 4. The van der Waals surface area contributed by atoms with E-state index in [0.29, 0.717) is 30.3 Å². The second-order valence-electron chi connectivity index (χ2n) is 7.19. The number of anilines is 1. The van der Waals surface area contributed by atoms with Crippen LogP contribution in [0.1, 0.15) is 25.3 Å². The molecule has 1 aliphatic rings. The highest BCUT2D eigenvalue weighted by atomic mass is 35.5. The molecule has 0 spiro atoms. The Morgan fingerprint density at radius 1 is 1.15 bits per heavy atom. The van der Waals surface area contributed by atoms with Gasteiger partial charge < -0.3 is 15.5 Å². The van der Waals surface area contributed by atoms with Crippen molar-refractivity contribution >= 4 is 29.2 Å². The molecule has 1 fully saturated rings. The molecule has 6 heteroatoms. The first-order valence-corrected chi connectivity index (χ1v) is 9.48. The minimum atomic E-state index is -0.599. The maximum Gasteiger partial charge on any atom is 0.321 e. The maximum atomic E-state index is 12.8. The summed E-state index contributed by atoms with van der Waals surface area (Å²) < 4.78 is 0. The van der Waals surface area contributed by atoms with Crippen molar-refractivity contribution in [2.24, 2.45) is 5.41 Å². The fourth-order valence-corrected chi connectivity index (χ4v) is 3.55. The first-order valence-electron chi connectivity index (χ1n) is 9.10. The van der Waals surface area contributed by atoms with E-state index in [0.717, 1.165) is 18.4 Å². The summed E-state index contributed by atoms with van der Waals surface area (Å²) in [6.07, 6.45) is 1.55. The Morgan fingerprint density at radius 3 is 2.67 bits per heavy atom. The molecule has 1 aliphatic heterocycles. The number of urea groups is 1. The lowest BCUT2D eigenvalue weighted by atomic mass is 9.81. The number of halogens is 1. The summed E-state index contributed by atoms with van der Waals surface area (Å²) in [5, 5.41) is 6.44. The highest BCUT2D eigenvalue weighted by molar-refractivity contribution is 6.30. The molecule has 0 aliphatic carbocycles. The van der Waals surface area contributed by atoms with Crippen LogP contribution in [0, 0.1) is 5.41 Å². The van der Waals surface area contributed by atoms with E-state index in [1.165, 1.54) is 0 Å². The lowest BCUT2D eigenvalue weighted by Crippen LogP contribution is -2.52. The molecule has 27 heavy (non-hydrogen) atoms. The number of nitrogens with zero attached hydrogens (tertiary/aromatic N) is 1. The van der Waals surface area contributed by atoms with E-state index in [9.17, 15) is 9.59 Å².